The number of nitro groups is 1. The van der Waals surface area contributed by atoms with Gasteiger partial charge in [-0.25, -0.2) is 4.79 Å². The number of carbonyl (C=O) groups excluding carboxylic acids is 1. The van der Waals surface area contributed by atoms with E-state index in [1.165, 1.54) is 18.2 Å². The number of halogens is 1. The summed E-state index contributed by atoms with van der Waals surface area (Å²) in [6.07, 6.45) is 0.931. The molecule has 1 aliphatic heterocycles. The highest BCUT2D eigenvalue weighted by Crippen LogP contribution is 2.24. The molecule has 102 valence electrons. The number of benzene rings is 1. The van der Waals surface area contributed by atoms with Gasteiger partial charge in [0, 0.05) is 23.9 Å². The summed E-state index contributed by atoms with van der Waals surface area (Å²) in [4.78, 5) is 22.2. The molecule has 1 aromatic carbocycles. The van der Waals surface area contributed by atoms with Crippen molar-refractivity contribution in [3.05, 3.63) is 38.9 Å². The molecule has 1 saturated heterocycles. The third kappa shape index (κ3) is 3.42. The van der Waals surface area contributed by atoms with E-state index in [0.717, 1.165) is 0 Å². The minimum Gasteiger partial charge on any atom is -0.458 e. The lowest BCUT2D eigenvalue weighted by atomic mass is 10.1. The topological polar surface area (TPSA) is 78.7 Å². The minimum absolute atomic E-state index is 0.121. The predicted molar refractivity (Wildman–Crippen MR) is 67.4 cm³/mol. The van der Waals surface area contributed by atoms with E-state index in [1.54, 1.807) is 0 Å². The van der Waals surface area contributed by atoms with Gasteiger partial charge in [0.15, 0.2) is 0 Å². The van der Waals surface area contributed by atoms with Gasteiger partial charge < -0.3 is 9.47 Å². The van der Waals surface area contributed by atoms with Crippen molar-refractivity contribution in [1.29, 1.82) is 0 Å². The Morgan fingerprint density at radius 1 is 1.42 bits per heavy atom. The average Bonchev–Trinajstić information content (AvgIpc) is 2.39. The molecule has 1 aliphatic rings. The van der Waals surface area contributed by atoms with Crippen molar-refractivity contribution in [2.75, 3.05) is 13.2 Å². The number of carbonyl (C=O) groups is 1. The van der Waals surface area contributed by atoms with E-state index >= 15 is 0 Å². The maximum absolute atomic E-state index is 12.0. The van der Waals surface area contributed by atoms with E-state index in [0.29, 0.717) is 26.1 Å². The molecule has 0 N–H and O–H groups in total. The van der Waals surface area contributed by atoms with E-state index in [-0.39, 0.29) is 22.4 Å². The van der Waals surface area contributed by atoms with Crippen molar-refractivity contribution in [3.63, 3.8) is 0 Å². The van der Waals surface area contributed by atoms with Gasteiger partial charge in [0.2, 0.25) is 0 Å². The lowest BCUT2D eigenvalue weighted by molar-refractivity contribution is -0.385. The number of nitro benzene ring substituents is 1. The predicted octanol–water partition coefficient (Wildman–Crippen LogP) is 2.58. The van der Waals surface area contributed by atoms with Crippen molar-refractivity contribution < 1.29 is 19.2 Å². The van der Waals surface area contributed by atoms with Gasteiger partial charge in [-0.2, -0.15) is 0 Å². The molecule has 0 saturated carbocycles. The van der Waals surface area contributed by atoms with Crippen LogP contribution in [0.25, 0.3) is 0 Å². The first-order chi connectivity index (χ1) is 9.08. The summed E-state index contributed by atoms with van der Waals surface area (Å²) in [5.41, 5.74) is -0.426. The van der Waals surface area contributed by atoms with Crippen LogP contribution in [0.1, 0.15) is 23.2 Å². The number of nitrogens with zero attached hydrogens (tertiary/aromatic N) is 1. The average molecular weight is 286 g/mol. The van der Waals surface area contributed by atoms with Crippen LogP contribution in [0.15, 0.2) is 18.2 Å². The first kappa shape index (κ1) is 13.8. The Morgan fingerprint density at radius 3 is 2.74 bits per heavy atom. The maximum atomic E-state index is 12.0. The third-order valence-electron chi connectivity index (χ3n) is 2.82. The number of rotatable bonds is 3. The number of ether oxygens (including phenoxy) is 2. The highest BCUT2D eigenvalue weighted by atomic mass is 35.5. The highest BCUT2D eigenvalue weighted by molar-refractivity contribution is 6.31. The summed E-state index contributed by atoms with van der Waals surface area (Å²) >= 11 is 5.76. The van der Waals surface area contributed by atoms with Gasteiger partial charge in [-0.3, -0.25) is 10.1 Å². The number of hydrogen-bond acceptors (Lipinski definition) is 5. The third-order valence-corrected chi connectivity index (χ3v) is 3.05. The fourth-order valence-electron chi connectivity index (χ4n) is 1.84. The lowest BCUT2D eigenvalue weighted by Crippen LogP contribution is -2.26. The molecule has 0 radical (unpaired) electrons. The quantitative estimate of drug-likeness (QED) is 0.484. The van der Waals surface area contributed by atoms with Crippen LogP contribution >= 0.6 is 11.6 Å². The van der Waals surface area contributed by atoms with Gasteiger partial charge in [0.25, 0.3) is 5.69 Å². The van der Waals surface area contributed by atoms with E-state index < -0.39 is 10.9 Å². The first-order valence-corrected chi connectivity index (χ1v) is 6.18. The molecule has 0 unspecified atom stereocenters. The fraction of sp³-hybridized carbons (Fsp3) is 0.417. The van der Waals surface area contributed by atoms with E-state index in [2.05, 4.69) is 0 Å². The van der Waals surface area contributed by atoms with E-state index in [1.807, 2.05) is 0 Å². The van der Waals surface area contributed by atoms with Crippen LogP contribution in [0, 0.1) is 10.1 Å². The highest BCUT2D eigenvalue weighted by Gasteiger charge is 2.25. The normalized spacial score (nSPS) is 16.1. The molecule has 1 fully saturated rings. The molecule has 7 heteroatoms. The number of esters is 1. The Labute approximate surface area is 114 Å². The zero-order valence-electron chi connectivity index (χ0n) is 10.0. The van der Waals surface area contributed by atoms with Crippen LogP contribution in [0.5, 0.6) is 0 Å². The van der Waals surface area contributed by atoms with Crippen LogP contribution in [-0.4, -0.2) is 30.2 Å². The Balaban J connectivity index is 2.17. The molecule has 1 aromatic rings. The van der Waals surface area contributed by atoms with Gasteiger partial charge in [-0.15, -0.1) is 0 Å². The van der Waals surface area contributed by atoms with Crippen LogP contribution in [-0.2, 0) is 9.47 Å². The van der Waals surface area contributed by atoms with Gasteiger partial charge in [-0.05, 0) is 12.1 Å². The monoisotopic (exact) mass is 285 g/mol. The Hall–Kier alpha value is -1.66. The fourth-order valence-corrected chi connectivity index (χ4v) is 2.01. The Kier molecular flexibility index (Phi) is 4.34. The van der Waals surface area contributed by atoms with Gasteiger partial charge >= 0.3 is 5.97 Å². The van der Waals surface area contributed by atoms with Crippen molar-refractivity contribution >= 4 is 23.3 Å². The molecule has 1 heterocycles. The summed E-state index contributed by atoms with van der Waals surface area (Å²) in [5, 5.41) is 11.1. The molecule has 0 bridgehead atoms. The molecule has 6 nitrogen and oxygen atoms in total. The number of hydrogen-bond donors (Lipinski definition) is 0. The molecular weight excluding hydrogens is 274 g/mol. The summed E-state index contributed by atoms with van der Waals surface area (Å²) < 4.78 is 10.4. The second-order valence-corrected chi connectivity index (χ2v) is 4.57. The standard InChI is InChI=1S/C12H12ClNO5/c13-8-1-2-11(14(16)17)10(7-8)12(15)19-9-3-5-18-6-4-9/h1-2,7,9H,3-6H2. The summed E-state index contributed by atoms with van der Waals surface area (Å²) in [6.45, 7) is 1.05. The zero-order valence-corrected chi connectivity index (χ0v) is 10.8. The van der Waals surface area contributed by atoms with Gasteiger partial charge in [0.05, 0.1) is 18.1 Å². The second-order valence-electron chi connectivity index (χ2n) is 4.14. The van der Waals surface area contributed by atoms with E-state index in [4.69, 9.17) is 21.1 Å². The molecule has 19 heavy (non-hydrogen) atoms. The molecule has 0 amide bonds. The summed E-state index contributed by atoms with van der Waals surface area (Å²) in [6, 6.07) is 3.81. The molecule has 0 atom stereocenters. The van der Waals surface area contributed by atoms with Gasteiger partial charge in [0.1, 0.15) is 11.7 Å². The maximum Gasteiger partial charge on any atom is 0.345 e. The Bertz CT molecular complexity index is 499. The van der Waals surface area contributed by atoms with Crippen molar-refractivity contribution in [1.82, 2.24) is 0 Å². The zero-order chi connectivity index (χ0) is 13.8. The van der Waals surface area contributed by atoms with Crippen molar-refractivity contribution in [2.24, 2.45) is 0 Å². The minimum atomic E-state index is -0.721. The van der Waals surface area contributed by atoms with Crippen molar-refractivity contribution in [3.8, 4) is 0 Å². The second kappa shape index (κ2) is 5.99. The first-order valence-electron chi connectivity index (χ1n) is 5.80. The molecular formula is C12H12ClNO5. The lowest BCUT2D eigenvalue weighted by Gasteiger charge is -2.22. The van der Waals surface area contributed by atoms with Crippen LogP contribution in [0.3, 0.4) is 0 Å². The van der Waals surface area contributed by atoms with Crippen LogP contribution in [0.4, 0.5) is 5.69 Å². The van der Waals surface area contributed by atoms with E-state index in [9.17, 15) is 14.9 Å². The molecule has 0 aliphatic carbocycles. The largest absolute Gasteiger partial charge is 0.458 e. The summed E-state index contributed by atoms with van der Waals surface area (Å²) in [5.74, 6) is -0.721. The van der Waals surface area contributed by atoms with Crippen LogP contribution in [0.2, 0.25) is 5.02 Å². The summed E-state index contributed by atoms with van der Waals surface area (Å²) in [7, 11) is 0. The Morgan fingerprint density at radius 2 is 2.11 bits per heavy atom. The smallest absolute Gasteiger partial charge is 0.345 e. The molecule has 2 rings (SSSR count). The van der Waals surface area contributed by atoms with Crippen molar-refractivity contribution in [2.45, 2.75) is 18.9 Å². The molecule has 0 aromatic heterocycles. The van der Waals surface area contributed by atoms with Gasteiger partial charge in [-0.1, -0.05) is 11.6 Å². The van der Waals surface area contributed by atoms with Crippen LogP contribution < -0.4 is 0 Å². The molecule has 0 spiro atoms. The SMILES string of the molecule is O=C(OC1CCOCC1)c1cc(Cl)ccc1[N+](=O)[O-].